The van der Waals surface area contributed by atoms with Crippen molar-refractivity contribution in [3.05, 3.63) is 101 Å². The van der Waals surface area contributed by atoms with Gasteiger partial charge >= 0.3 is 6.09 Å². The summed E-state index contributed by atoms with van der Waals surface area (Å²) in [5.41, 5.74) is 6.80. The minimum atomic E-state index is -0.408. The molecule has 0 aliphatic carbocycles. The van der Waals surface area contributed by atoms with Gasteiger partial charge in [-0.15, -0.1) is 0 Å². The zero-order chi connectivity index (χ0) is 20.1. The third-order valence-electron chi connectivity index (χ3n) is 5.15. The molecule has 1 heterocycles. The van der Waals surface area contributed by atoms with E-state index in [0.29, 0.717) is 6.61 Å². The number of nitrogens with one attached hydrogen (secondary N) is 1. The molecule has 0 spiro atoms. The van der Waals surface area contributed by atoms with Crippen molar-refractivity contribution in [1.82, 2.24) is 0 Å². The number of carbonyl (C=O) groups is 1. The SMILES string of the molecule is CCOC(=O)Nc1cccc2c1CC[N+](Cc1ccccc1)=C2c1ccccc1. The number of nitrogens with zero attached hydrogens (tertiary/aromatic N) is 1. The zero-order valence-electron chi connectivity index (χ0n) is 16.6. The molecule has 4 heteroatoms. The molecule has 4 rings (SSSR count). The second-order valence-electron chi connectivity index (χ2n) is 7.05. The van der Waals surface area contributed by atoms with E-state index in [0.717, 1.165) is 36.3 Å². The van der Waals surface area contributed by atoms with Crippen molar-refractivity contribution >= 4 is 17.5 Å². The second kappa shape index (κ2) is 8.74. The molecule has 0 bridgehead atoms. The highest BCUT2D eigenvalue weighted by molar-refractivity contribution is 6.12. The Morgan fingerprint density at radius 3 is 2.41 bits per heavy atom. The van der Waals surface area contributed by atoms with Gasteiger partial charge in [-0.2, -0.15) is 0 Å². The van der Waals surface area contributed by atoms with Crippen LogP contribution < -0.4 is 5.32 Å². The Labute approximate surface area is 171 Å². The monoisotopic (exact) mass is 385 g/mol. The summed E-state index contributed by atoms with van der Waals surface area (Å²) in [4.78, 5) is 12.0. The summed E-state index contributed by atoms with van der Waals surface area (Å²) >= 11 is 0. The Morgan fingerprint density at radius 1 is 0.966 bits per heavy atom. The molecular formula is C25H25N2O2+. The fraction of sp³-hybridized carbons (Fsp3) is 0.200. The molecule has 1 aliphatic rings. The molecule has 0 saturated heterocycles. The van der Waals surface area contributed by atoms with E-state index in [-0.39, 0.29) is 0 Å². The minimum Gasteiger partial charge on any atom is -0.450 e. The van der Waals surface area contributed by atoms with Crippen LogP contribution in [0.2, 0.25) is 0 Å². The number of hydrogen-bond donors (Lipinski definition) is 1. The highest BCUT2D eigenvalue weighted by Gasteiger charge is 2.29. The summed E-state index contributed by atoms with van der Waals surface area (Å²) in [6.45, 7) is 3.89. The van der Waals surface area contributed by atoms with E-state index in [1.165, 1.54) is 16.8 Å². The first-order chi connectivity index (χ1) is 14.3. The summed E-state index contributed by atoms with van der Waals surface area (Å²) in [6.07, 6.45) is 0.454. The highest BCUT2D eigenvalue weighted by Crippen LogP contribution is 2.27. The van der Waals surface area contributed by atoms with Crippen molar-refractivity contribution in [2.24, 2.45) is 0 Å². The predicted molar refractivity (Wildman–Crippen MR) is 116 cm³/mol. The van der Waals surface area contributed by atoms with Gasteiger partial charge in [0, 0.05) is 23.2 Å². The van der Waals surface area contributed by atoms with Gasteiger partial charge in [0.1, 0.15) is 6.54 Å². The van der Waals surface area contributed by atoms with Crippen LogP contribution in [0, 0.1) is 0 Å². The molecule has 146 valence electrons. The average molecular weight is 385 g/mol. The van der Waals surface area contributed by atoms with E-state index < -0.39 is 6.09 Å². The van der Waals surface area contributed by atoms with Crippen molar-refractivity contribution in [1.29, 1.82) is 0 Å². The molecule has 29 heavy (non-hydrogen) atoms. The van der Waals surface area contributed by atoms with Gasteiger partial charge in [0.05, 0.1) is 12.2 Å². The Bertz CT molecular complexity index is 1030. The summed E-state index contributed by atoms with van der Waals surface area (Å²) in [7, 11) is 0. The molecule has 0 fully saturated rings. The van der Waals surface area contributed by atoms with Crippen molar-refractivity contribution < 1.29 is 14.1 Å². The lowest BCUT2D eigenvalue weighted by atomic mass is 9.91. The van der Waals surface area contributed by atoms with Gasteiger partial charge < -0.3 is 4.74 Å². The van der Waals surface area contributed by atoms with Gasteiger partial charge in [-0.1, -0.05) is 54.6 Å². The van der Waals surface area contributed by atoms with Gasteiger partial charge in [-0.05, 0) is 36.8 Å². The second-order valence-corrected chi connectivity index (χ2v) is 7.05. The van der Waals surface area contributed by atoms with Crippen LogP contribution in [-0.4, -0.2) is 29.5 Å². The van der Waals surface area contributed by atoms with Gasteiger partial charge in [0.2, 0.25) is 5.71 Å². The lowest BCUT2D eigenvalue weighted by Crippen LogP contribution is -2.31. The number of amides is 1. The van der Waals surface area contributed by atoms with E-state index in [9.17, 15) is 4.79 Å². The number of carbonyl (C=O) groups excluding carboxylic acids is 1. The van der Waals surface area contributed by atoms with Crippen molar-refractivity contribution in [3.8, 4) is 0 Å². The third kappa shape index (κ3) is 4.21. The van der Waals surface area contributed by atoms with Crippen LogP contribution in [0.5, 0.6) is 0 Å². The first-order valence-electron chi connectivity index (χ1n) is 10.0. The molecule has 4 nitrogen and oxygen atoms in total. The molecule has 0 radical (unpaired) electrons. The Morgan fingerprint density at radius 2 is 1.69 bits per heavy atom. The molecular weight excluding hydrogens is 360 g/mol. The Balaban J connectivity index is 1.80. The van der Waals surface area contributed by atoms with E-state index in [4.69, 9.17) is 4.74 Å². The number of ether oxygens (including phenoxy) is 1. The molecule has 0 unspecified atom stereocenters. The van der Waals surface area contributed by atoms with Gasteiger partial charge in [0.25, 0.3) is 0 Å². The van der Waals surface area contributed by atoms with Crippen molar-refractivity contribution in [2.75, 3.05) is 18.5 Å². The number of benzene rings is 3. The van der Waals surface area contributed by atoms with Crippen LogP contribution in [0.1, 0.15) is 29.2 Å². The number of fused-ring (bicyclic) bond motifs is 1. The largest absolute Gasteiger partial charge is 0.450 e. The average Bonchev–Trinajstić information content (AvgIpc) is 2.75. The maximum atomic E-state index is 12.0. The van der Waals surface area contributed by atoms with Gasteiger partial charge in [-0.3, -0.25) is 5.32 Å². The quantitative estimate of drug-likeness (QED) is 0.637. The van der Waals surface area contributed by atoms with Crippen molar-refractivity contribution in [3.63, 3.8) is 0 Å². The maximum Gasteiger partial charge on any atom is 0.411 e. The predicted octanol–water partition coefficient (Wildman–Crippen LogP) is 4.86. The summed E-state index contributed by atoms with van der Waals surface area (Å²) in [6, 6.07) is 27.1. The van der Waals surface area contributed by atoms with Crippen LogP contribution in [0.15, 0.2) is 78.9 Å². The normalized spacial score (nSPS) is 13.0. The first-order valence-corrected chi connectivity index (χ1v) is 10.0. The van der Waals surface area contributed by atoms with Gasteiger partial charge in [-0.25, -0.2) is 9.37 Å². The maximum absolute atomic E-state index is 12.0. The van der Waals surface area contributed by atoms with Gasteiger partial charge in [0.15, 0.2) is 6.54 Å². The first kappa shape index (κ1) is 18.9. The van der Waals surface area contributed by atoms with E-state index in [1.54, 1.807) is 0 Å². The summed E-state index contributed by atoms with van der Waals surface area (Å²) in [5.74, 6) is 0. The Hall–Kier alpha value is -3.40. The fourth-order valence-corrected chi connectivity index (χ4v) is 3.90. The standard InChI is InChI=1S/C25H24N2O2/c1-2-29-25(28)26-23-15-9-14-22-21(23)16-17-27(18-19-10-5-3-6-11-19)24(22)20-12-7-4-8-13-20/h3-15H,2,16-18H2,1H3/p+1. The van der Waals surface area contributed by atoms with Crippen molar-refractivity contribution in [2.45, 2.75) is 19.9 Å². The molecule has 1 N–H and O–H groups in total. The lowest BCUT2D eigenvalue weighted by Gasteiger charge is -2.21. The molecule has 0 atom stereocenters. The molecule has 0 saturated carbocycles. The Kier molecular flexibility index (Phi) is 5.71. The number of hydrogen-bond acceptors (Lipinski definition) is 2. The van der Waals surface area contributed by atoms with E-state index in [2.05, 4.69) is 64.5 Å². The van der Waals surface area contributed by atoms with E-state index >= 15 is 0 Å². The fourth-order valence-electron chi connectivity index (χ4n) is 3.90. The molecule has 3 aromatic rings. The topological polar surface area (TPSA) is 41.3 Å². The minimum absolute atomic E-state index is 0.354. The van der Waals surface area contributed by atoms with Crippen LogP contribution in [0.25, 0.3) is 0 Å². The third-order valence-corrected chi connectivity index (χ3v) is 5.15. The summed E-state index contributed by atoms with van der Waals surface area (Å²) < 4.78 is 7.51. The van der Waals surface area contributed by atoms with Crippen LogP contribution in [0.4, 0.5) is 10.5 Å². The molecule has 1 aliphatic heterocycles. The summed E-state index contributed by atoms with van der Waals surface area (Å²) in [5, 5.41) is 2.91. The molecule has 3 aromatic carbocycles. The lowest BCUT2D eigenvalue weighted by molar-refractivity contribution is -0.544. The number of rotatable bonds is 5. The van der Waals surface area contributed by atoms with E-state index in [1.807, 2.05) is 31.2 Å². The van der Waals surface area contributed by atoms with Crippen LogP contribution >= 0.6 is 0 Å². The highest BCUT2D eigenvalue weighted by atomic mass is 16.5. The molecule has 1 amide bonds. The smallest absolute Gasteiger partial charge is 0.411 e. The zero-order valence-corrected chi connectivity index (χ0v) is 16.6. The number of anilines is 1. The van der Waals surface area contributed by atoms with Crippen LogP contribution in [0.3, 0.4) is 0 Å². The van der Waals surface area contributed by atoms with Crippen LogP contribution in [-0.2, 0) is 17.7 Å². The molecule has 0 aromatic heterocycles.